The summed E-state index contributed by atoms with van der Waals surface area (Å²) >= 11 is 0. The standard InChI is InChI=1S/C15H20N2O2S/c16-9-12-4-5-15-14(8-12)13(11-20(15,18)19)10-17-6-2-1-3-7-17/h4-5,8,11H,1-3,6-7,9-10,16H2. The van der Waals surface area contributed by atoms with E-state index in [0.29, 0.717) is 11.4 Å². The summed E-state index contributed by atoms with van der Waals surface area (Å²) in [7, 11) is -3.26. The third-order valence-electron chi connectivity index (χ3n) is 4.07. The van der Waals surface area contributed by atoms with Gasteiger partial charge in [0.05, 0.1) is 4.90 Å². The van der Waals surface area contributed by atoms with Crippen LogP contribution in [0.1, 0.15) is 30.4 Å². The minimum absolute atomic E-state index is 0.432. The number of nitrogens with zero attached hydrogens (tertiary/aromatic N) is 1. The fourth-order valence-corrected chi connectivity index (χ4v) is 4.46. The first-order valence-corrected chi connectivity index (χ1v) is 8.66. The average Bonchev–Trinajstić information content (AvgIpc) is 2.71. The summed E-state index contributed by atoms with van der Waals surface area (Å²) in [6, 6.07) is 5.41. The van der Waals surface area contributed by atoms with Gasteiger partial charge in [0, 0.05) is 18.5 Å². The molecule has 0 bridgehead atoms. The highest BCUT2D eigenvalue weighted by molar-refractivity contribution is 7.95. The molecule has 20 heavy (non-hydrogen) atoms. The number of hydrogen-bond donors (Lipinski definition) is 1. The first-order valence-electron chi connectivity index (χ1n) is 7.11. The Morgan fingerprint density at radius 1 is 1.15 bits per heavy atom. The van der Waals surface area contributed by atoms with Crippen LogP contribution in [0.5, 0.6) is 0 Å². The highest BCUT2D eigenvalue weighted by Gasteiger charge is 2.28. The molecule has 0 atom stereocenters. The van der Waals surface area contributed by atoms with E-state index in [-0.39, 0.29) is 0 Å². The van der Waals surface area contributed by atoms with Crippen LogP contribution in [0.25, 0.3) is 5.57 Å². The van der Waals surface area contributed by atoms with Gasteiger partial charge < -0.3 is 5.73 Å². The number of sulfone groups is 1. The van der Waals surface area contributed by atoms with Gasteiger partial charge in [-0.3, -0.25) is 4.90 Å². The molecule has 2 aliphatic rings. The largest absolute Gasteiger partial charge is 0.326 e. The molecule has 4 nitrogen and oxygen atoms in total. The van der Waals surface area contributed by atoms with Crippen molar-refractivity contribution in [3.8, 4) is 0 Å². The molecular formula is C15H20N2O2S. The van der Waals surface area contributed by atoms with E-state index in [1.165, 1.54) is 24.7 Å². The van der Waals surface area contributed by atoms with Crippen LogP contribution < -0.4 is 5.73 Å². The summed E-state index contributed by atoms with van der Waals surface area (Å²) in [5.74, 6) is 0. The molecule has 0 aliphatic carbocycles. The number of benzene rings is 1. The van der Waals surface area contributed by atoms with Crippen LogP contribution in [0.15, 0.2) is 28.5 Å². The van der Waals surface area contributed by atoms with E-state index >= 15 is 0 Å². The van der Waals surface area contributed by atoms with Crippen molar-refractivity contribution in [2.24, 2.45) is 5.73 Å². The van der Waals surface area contributed by atoms with Crippen LogP contribution in [0, 0.1) is 0 Å². The van der Waals surface area contributed by atoms with Gasteiger partial charge in [-0.2, -0.15) is 0 Å². The van der Waals surface area contributed by atoms with Crippen LogP contribution >= 0.6 is 0 Å². The smallest absolute Gasteiger partial charge is 0.200 e. The zero-order valence-electron chi connectivity index (χ0n) is 11.5. The Bertz CT molecular complexity index is 644. The molecule has 2 N–H and O–H groups in total. The average molecular weight is 292 g/mol. The Balaban J connectivity index is 1.93. The fraction of sp³-hybridized carbons (Fsp3) is 0.467. The summed E-state index contributed by atoms with van der Waals surface area (Å²) in [6.45, 7) is 3.27. The number of rotatable bonds is 3. The molecule has 0 aromatic heterocycles. The SMILES string of the molecule is NCc1ccc2c(c1)C(CN1CCCCC1)=CS2(=O)=O. The molecule has 1 aromatic carbocycles. The lowest BCUT2D eigenvalue weighted by atomic mass is 10.0. The molecule has 0 radical (unpaired) electrons. The Morgan fingerprint density at radius 3 is 2.60 bits per heavy atom. The van der Waals surface area contributed by atoms with E-state index in [1.54, 1.807) is 12.1 Å². The van der Waals surface area contributed by atoms with Gasteiger partial charge in [-0.15, -0.1) is 0 Å². The van der Waals surface area contributed by atoms with E-state index in [2.05, 4.69) is 4.90 Å². The summed E-state index contributed by atoms with van der Waals surface area (Å²) < 4.78 is 24.4. The van der Waals surface area contributed by atoms with E-state index in [1.807, 2.05) is 6.07 Å². The first kappa shape index (κ1) is 13.8. The molecule has 1 aromatic rings. The van der Waals surface area contributed by atoms with Crippen LogP contribution in [0.3, 0.4) is 0 Å². The molecule has 0 spiro atoms. The number of piperidine rings is 1. The predicted octanol–water partition coefficient (Wildman–Crippen LogP) is 1.76. The highest BCUT2D eigenvalue weighted by Crippen LogP contribution is 2.34. The molecule has 0 unspecified atom stereocenters. The zero-order chi connectivity index (χ0) is 14.2. The second-order valence-electron chi connectivity index (χ2n) is 5.56. The monoisotopic (exact) mass is 292 g/mol. The zero-order valence-corrected chi connectivity index (χ0v) is 12.3. The number of hydrogen-bond acceptors (Lipinski definition) is 4. The Kier molecular flexibility index (Phi) is 3.67. The van der Waals surface area contributed by atoms with Gasteiger partial charge in [-0.25, -0.2) is 8.42 Å². The van der Waals surface area contributed by atoms with Gasteiger partial charge in [0.15, 0.2) is 0 Å². The molecule has 3 rings (SSSR count). The van der Waals surface area contributed by atoms with Gasteiger partial charge >= 0.3 is 0 Å². The van der Waals surface area contributed by atoms with Crippen LogP contribution in [0.2, 0.25) is 0 Å². The highest BCUT2D eigenvalue weighted by atomic mass is 32.2. The number of fused-ring (bicyclic) bond motifs is 1. The van der Waals surface area contributed by atoms with Gasteiger partial charge in [-0.05, 0) is 54.8 Å². The third-order valence-corrected chi connectivity index (χ3v) is 5.64. The fourth-order valence-electron chi connectivity index (χ4n) is 3.00. The summed E-state index contributed by atoms with van der Waals surface area (Å²) in [4.78, 5) is 2.77. The summed E-state index contributed by atoms with van der Waals surface area (Å²) in [5, 5.41) is 1.44. The van der Waals surface area contributed by atoms with Crippen molar-refractivity contribution in [1.29, 1.82) is 0 Å². The van der Waals surface area contributed by atoms with Crippen molar-refractivity contribution in [1.82, 2.24) is 4.90 Å². The van der Waals surface area contributed by atoms with E-state index in [0.717, 1.165) is 36.3 Å². The van der Waals surface area contributed by atoms with Gasteiger partial charge in [0.1, 0.15) is 0 Å². The molecule has 0 amide bonds. The topological polar surface area (TPSA) is 63.4 Å². The molecule has 108 valence electrons. The normalized spacial score (nSPS) is 21.6. The second-order valence-corrected chi connectivity index (χ2v) is 7.33. The van der Waals surface area contributed by atoms with Crippen LogP contribution in [-0.2, 0) is 16.4 Å². The van der Waals surface area contributed by atoms with E-state index < -0.39 is 9.84 Å². The Labute approximate surface area is 120 Å². The molecule has 5 heteroatoms. The molecule has 1 saturated heterocycles. The lowest BCUT2D eigenvalue weighted by Crippen LogP contribution is -2.31. The minimum atomic E-state index is -3.26. The van der Waals surface area contributed by atoms with E-state index in [9.17, 15) is 8.42 Å². The molecule has 0 saturated carbocycles. The lowest BCUT2D eigenvalue weighted by Gasteiger charge is -2.26. The molecule has 1 fully saturated rings. The summed E-state index contributed by atoms with van der Waals surface area (Å²) in [5.41, 5.74) is 8.40. The van der Waals surface area contributed by atoms with Gasteiger partial charge in [0.25, 0.3) is 0 Å². The van der Waals surface area contributed by atoms with E-state index in [4.69, 9.17) is 5.73 Å². The molecular weight excluding hydrogens is 272 g/mol. The van der Waals surface area contributed by atoms with Crippen molar-refractivity contribution in [2.75, 3.05) is 19.6 Å². The minimum Gasteiger partial charge on any atom is -0.326 e. The lowest BCUT2D eigenvalue weighted by molar-refractivity contribution is 0.255. The quantitative estimate of drug-likeness (QED) is 0.922. The first-order chi connectivity index (χ1) is 9.60. The second kappa shape index (κ2) is 5.31. The van der Waals surface area contributed by atoms with Crippen molar-refractivity contribution in [2.45, 2.75) is 30.7 Å². The van der Waals surface area contributed by atoms with Crippen molar-refractivity contribution >= 4 is 15.4 Å². The van der Waals surface area contributed by atoms with Gasteiger partial charge in [0.2, 0.25) is 9.84 Å². The van der Waals surface area contributed by atoms with Crippen LogP contribution in [0.4, 0.5) is 0 Å². The maximum Gasteiger partial charge on any atom is 0.200 e. The third kappa shape index (κ3) is 2.53. The Morgan fingerprint density at radius 2 is 1.90 bits per heavy atom. The molecule has 2 heterocycles. The Hall–Kier alpha value is -1.17. The maximum atomic E-state index is 12.2. The maximum absolute atomic E-state index is 12.2. The molecule has 2 aliphatic heterocycles. The number of likely N-dealkylation sites (tertiary alicyclic amines) is 1. The van der Waals surface area contributed by atoms with Crippen LogP contribution in [-0.4, -0.2) is 33.0 Å². The predicted molar refractivity (Wildman–Crippen MR) is 79.8 cm³/mol. The summed E-state index contributed by atoms with van der Waals surface area (Å²) in [6.07, 6.45) is 3.69. The van der Waals surface area contributed by atoms with Gasteiger partial charge in [-0.1, -0.05) is 12.5 Å². The van der Waals surface area contributed by atoms with Crippen molar-refractivity contribution < 1.29 is 8.42 Å². The number of nitrogens with two attached hydrogens (primary N) is 1. The van der Waals surface area contributed by atoms with Crippen molar-refractivity contribution in [3.05, 3.63) is 34.7 Å². The van der Waals surface area contributed by atoms with Crippen molar-refractivity contribution in [3.63, 3.8) is 0 Å².